The van der Waals surface area contributed by atoms with E-state index in [4.69, 9.17) is 0 Å². The van der Waals surface area contributed by atoms with Crippen LogP contribution in [0.4, 0.5) is 0 Å². The molecule has 3 aromatic rings. The number of imidazole rings is 1. The number of hydrogen-bond acceptors (Lipinski definition) is 4. The Kier molecular flexibility index (Phi) is 3.48. The van der Waals surface area contributed by atoms with Crippen LogP contribution < -0.4 is 4.72 Å². The Balaban J connectivity index is 1.67. The maximum Gasteiger partial charge on any atom is 0.257 e. The molecule has 3 rings (SSSR count). The first-order valence-electron chi connectivity index (χ1n) is 6.47. The summed E-state index contributed by atoms with van der Waals surface area (Å²) in [4.78, 5) is 7.57. The average molecular weight is 305 g/mol. The van der Waals surface area contributed by atoms with Gasteiger partial charge in [-0.1, -0.05) is 12.1 Å². The van der Waals surface area contributed by atoms with Crippen LogP contribution >= 0.6 is 0 Å². The van der Waals surface area contributed by atoms with Crippen molar-refractivity contribution in [3.05, 3.63) is 42.4 Å². The maximum atomic E-state index is 12.1. The van der Waals surface area contributed by atoms with Gasteiger partial charge in [0.15, 0.2) is 5.03 Å². The molecule has 8 heteroatoms. The lowest BCUT2D eigenvalue weighted by Crippen LogP contribution is -2.28. The van der Waals surface area contributed by atoms with Crippen molar-refractivity contribution in [3.63, 3.8) is 0 Å². The van der Waals surface area contributed by atoms with Crippen LogP contribution in [0.15, 0.2) is 41.6 Å². The van der Waals surface area contributed by atoms with E-state index in [2.05, 4.69) is 19.8 Å². The lowest BCUT2D eigenvalue weighted by atomic mass is 10.3. The first-order valence-corrected chi connectivity index (χ1v) is 7.96. The summed E-state index contributed by atoms with van der Waals surface area (Å²) in [6.07, 6.45) is 1.94. The number of H-pyrrole nitrogens is 1. The molecule has 0 aliphatic heterocycles. The number of fused-ring (bicyclic) bond motifs is 1. The summed E-state index contributed by atoms with van der Waals surface area (Å²) in [5.41, 5.74) is 1.82. The Bertz CT molecular complexity index is 832. The fraction of sp³-hybridized carbons (Fsp3) is 0.231. The van der Waals surface area contributed by atoms with Gasteiger partial charge in [0.25, 0.3) is 10.0 Å². The van der Waals surface area contributed by atoms with Crippen molar-refractivity contribution in [1.29, 1.82) is 0 Å². The second-order valence-electron chi connectivity index (χ2n) is 4.64. The van der Waals surface area contributed by atoms with Crippen molar-refractivity contribution >= 4 is 21.1 Å². The van der Waals surface area contributed by atoms with Gasteiger partial charge >= 0.3 is 0 Å². The zero-order valence-electron chi connectivity index (χ0n) is 11.4. The van der Waals surface area contributed by atoms with Crippen molar-refractivity contribution in [2.45, 2.75) is 11.4 Å². The van der Waals surface area contributed by atoms with Gasteiger partial charge in [-0.15, -0.1) is 0 Å². The Morgan fingerprint density at radius 2 is 2.10 bits per heavy atom. The molecule has 0 aliphatic rings. The Hall–Kier alpha value is -2.19. The fourth-order valence-corrected chi connectivity index (χ4v) is 3.28. The molecular weight excluding hydrogens is 290 g/mol. The number of aryl methyl sites for hydroxylation is 1. The quantitative estimate of drug-likeness (QED) is 0.730. The van der Waals surface area contributed by atoms with Gasteiger partial charge in [-0.3, -0.25) is 4.68 Å². The van der Waals surface area contributed by atoms with Gasteiger partial charge in [0.05, 0.1) is 17.2 Å². The third kappa shape index (κ3) is 2.81. The normalized spacial score (nSPS) is 12.0. The molecule has 0 saturated carbocycles. The Labute approximate surface area is 122 Å². The van der Waals surface area contributed by atoms with Crippen molar-refractivity contribution in [3.8, 4) is 0 Å². The zero-order valence-corrected chi connectivity index (χ0v) is 12.3. The highest BCUT2D eigenvalue weighted by atomic mass is 32.2. The van der Waals surface area contributed by atoms with E-state index in [1.165, 1.54) is 16.9 Å². The molecule has 2 aromatic heterocycles. The summed E-state index contributed by atoms with van der Waals surface area (Å²) < 4.78 is 28.0. The Morgan fingerprint density at radius 3 is 2.81 bits per heavy atom. The van der Waals surface area contributed by atoms with Crippen molar-refractivity contribution in [1.82, 2.24) is 24.5 Å². The predicted octanol–water partition coefficient (Wildman–Crippen LogP) is 0.817. The molecule has 0 saturated heterocycles. The fourth-order valence-electron chi connectivity index (χ4n) is 2.13. The SMILES string of the molecule is Cn1nccc1S(=O)(=O)NCCc1nc2ccccc2[nH]1. The molecule has 2 N–H and O–H groups in total. The van der Waals surface area contributed by atoms with Gasteiger partial charge in [-0.05, 0) is 18.2 Å². The number of nitrogens with one attached hydrogen (secondary N) is 2. The van der Waals surface area contributed by atoms with E-state index in [0.717, 1.165) is 16.9 Å². The summed E-state index contributed by atoms with van der Waals surface area (Å²) in [5.74, 6) is 0.754. The summed E-state index contributed by atoms with van der Waals surface area (Å²) >= 11 is 0. The summed E-state index contributed by atoms with van der Waals surface area (Å²) in [6.45, 7) is 0.271. The van der Waals surface area contributed by atoms with E-state index in [0.29, 0.717) is 6.42 Å². The summed E-state index contributed by atoms with van der Waals surface area (Å²) in [7, 11) is -1.95. The van der Waals surface area contributed by atoms with Crippen LogP contribution in [0.5, 0.6) is 0 Å². The van der Waals surface area contributed by atoms with Crippen LogP contribution in [0.1, 0.15) is 5.82 Å². The number of aromatic nitrogens is 4. The molecular formula is C13H15N5O2S. The molecule has 0 aliphatic carbocycles. The monoisotopic (exact) mass is 305 g/mol. The van der Waals surface area contributed by atoms with Gasteiger partial charge in [-0.2, -0.15) is 5.10 Å². The third-order valence-electron chi connectivity index (χ3n) is 3.14. The van der Waals surface area contributed by atoms with Crippen molar-refractivity contribution < 1.29 is 8.42 Å². The molecule has 0 amide bonds. The molecule has 0 bridgehead atoms. The van der Waals surface area contributed by atoms with Crippen LogP contribution in [0.3, 0.4) is 0 Å². The molecule has 0 fully saturated rings. The number of benzene rings is 1. The average Bonchev–Trinajstić information content (AvgIpc) is 3.04. The molecule has 110 valence electrons. The Morgan fingerprint density at radius 1 is 1.29 bits per heavy atom. The topological polar surface area (TPSA) is 92.7 Å². The second-order valence-corrected chi connectivity index (χ2v) is 6.36. The number of sulfonamides is 1. The van der Waals surface area contributed by atoms with E-state index >= 15 is 0 Å². The minimum Gasteiger partial charge on any atom is -0.342 e. The number of nitrogens with zero attached hydrogens (tertiary/aromatic N) is 3. The number of aromatic amines is 1. The van der Waals surface area contributed by atoms with Crippen LogP contribution in [-0.4, -0.2) is 34.7 Å². The molecule has 21 heavy (non-hydrogen) atoms. The summed E-state index contributed by atoms with van der Waals surface area (Å²) in [5, 5.41) is 4.00. The summed E-state index contributed by atoms with van der Waals surface area (Å²) in [6, 6.07) is 9.15. The highest BCUT2D eigenvalue weighted by molar-refractivity contribution is 7.89. The number of rotatable bonds is 5. The lowest BCUT2D eigenvalue weighted by Gasteiger charge is -2.05. The van der Waals surface area contributed by atoms with Crippen LogP contribution in [0.25, 0.3) is 11.0 Å². The van der Waals surface area contributed by atoms with Gasteiger partial charge in [0.1, 0.15) is 5.82 Å². The minimum atomic E-state index is -3.54. The predicted molar refractivity (Wildman–Crippen MR) is 78.2 cm³/mol. The molecule has 0 spiro atoms. The van der Waals surface area contributed by atoms with Gasteiger partial charge < -0.3 is 4.98 Å². The zero-order chi connectivity index (χ0) is 14.9. The molecule has 2 heterocycles. The van der Waals surface area contributed by atoms with E-state index in [9.17, 15) is 8.42 Å². The smallest absolute Gasteiger partial charge is 0.257 e. The van der Waals surface area contributed by atoms with Gasteiger partial charge in [0, 0.05) is 20.0 Å². The first-order chi connectivity index (χ1) is 10.1. The maximum absolute atomic E-state index is 12.1. The third-order valence-corrected chi connectivity index (χ3v) is 4.68. The molecule has 1 aromatic carbocycles. The van der Waals surface area contributed by atoms with E-state index in [1.54, 1.807) is 7.05 Å². The first kappa shape index (κ1) is 13.8. The van der Waals surface area contributed by atoms with E-state index in [1.807, 2.05) is 24.3 Å². The second kappa shape index (κ2) is 5.30. The van der Waals surface area contributed by atoms with Gasteiger partial charge in [0.2, 0.25) is 0 Å². The molecule has 0 radical (unpaired) electrons. The standard InChI is InChI=1S/C13H15N5O2S/c1-18-13(7-8-14-18)21(19,20)15-9-6-12-16-10-4-2-3-5-11(10)17-12/h2-5,7-8,15H,6,9H2,1H3,(H,16,17). The minimum absolute atomic E-state index is 0.145. The van der Waals surface area contributed by atoms with Crippen molar-refractivity contribution in [2.75, 3.05) is 6.54 Å². The number of para-hydroxylation sites is 2. The van der Waals surface area contributed by atoms with Crippen molar-refractivity contribution in [2.24, 2.45) is 7.05 Å². The highest BCUT2D eigenvalue weighted by Crippen LogP contribution is 2.11. The lowest BCUT2D eigenvalue weighted by molar-refractivity contribution is 0.562. The highest BCUT2D eigenvalue weighted by Gasteiger charge is 2.17. The van der Waals surface area contributed by atoms with Gasteiger partial charge in [-0.25, -0.2) is 18.1 Å². The molecule has 0 atom stereocenters. The van der Waals surface area contributed by atoms with E-state index in [-0.39, 0.29) is 11.6 Å². The number of hydrogen-bond donors (Lipinski definition) is 2. The van der Waals surface area contributed by atoms with Crippen LogP contribution in [0.2, 0.25) is 0 Å². The van der Waals surface area contributed by atoms with Crippen LogP contribution in [-0.2, 0) is 23.5 Å². The largest absolute Gasteiger partial charge is 0.342 e. The van der Waals surface area contributed by atoms with Crippen LogP contribution in [0, 0.1) is 0 Å². The molecule has 0 unspecified atom stereocenters. The molecule has 7 nitrogen and oxygen atoms in total. The van der Waals surface area contributed by atoms with E-state index < -0.39 is 10.0 Å².